The highest BCUT2D eigenvalue weighted by atomic mass is 32.2. The fourth-order valence-electron chi connectivity index (χ4n) is 3.36. The second kappa shape index (κ2) is 9.37. The van der Waals surface area contributed by atoms with Gasteiger partial charge in [0.15, 0.2) is 10.7 Å². The highest BCUT2D eigenvalue weighted by Crippen LogP contribution is 2.37. The van der Waals surface area contributed by atoms with E-state index in [-0.39, 0.29) is 11.4 Å². The number of nitrogens with zero attached hydrogens (tertiary/aromatic N) is 2. The molecule has 0 aliphatic rings. The quantitative estimate of drug-likeness (QED) is 0.199. The molecule has 0 saturated heterocycles. The van der Waals surface area contributed by atoms with Gasteiger partial charge in [-0.25, -0.2) is 9.37 Å². The first-order valence-corrected chi connectivity index (χ1v) is 11.2. The summed E-state index contributed by atoms with van der Waals surface area (Å²) >= 11 is 1.38. The molecule has 3 nitrogen and oxygen atoms in total. The molecule has 0 spiro atoms. The van der Waals surface area contributed by atoms with Gasteiger partial charge < -0.3 is 5.73 Å². The zero-order valence-electron chi connectivity index (χ0n) is 17.8. The number of nitrogens with two attached hydrogens (primary N) is 1. The Morgan fingerprint density at radius 3 is 2.29 bits per heavy atom. The molecule has 0 amide bonds. The lowest BCUT2D eigenvalue weighted by Crippen LogP contribution is -2.49. The number of terminal acetylenes is 1. The van der Waals surface area contributed by atoms with Crippen molar-refractivity contribution in [2.45, 2.75) is 22.6 Å². The fraction of sp³-hybridized carbons (Fsp3) is 0.115. The Morgan fingerprint density at radius 1 is 0.971 bits per heavy atom. The number of halogens is 4. The van der Waals surface area contributed by atoms with Crippen molar-refractivity contribution in [3.8, 4) is 29.3 Å². The van der Waals surface area contributed by atoms with Crippen LogP contribution in [0.4, 0.5) is 17.6 Å². The topological polar surface area (TPSA) is 43.8 Å². The molecule has 4 aromatic rings. The molecule has 4 rings (SSSR count). The number of imidazole rings is 1. The number of benzene rings is 3. The molecule has 1 heterocycles. The van der Waals surface area contributed by atoms with E-state index in [4.69, 9.17) is 17.1 Å². The molecular formula is C26H19F4N3S. The van der Waals surface area contributed by atoms with Gasteiger partial charge in [0.1, 0.15) is 5.82 Å². The molecular weight excluding hydrogens is 462 g/mol. The van der Waals surface area contributed by atoms with Crippen molar-refractivity contribution >= 4 is 11.8 Å². The summed E-state index contributed by atoms with van der Waals surface area (Å²) in [6.07, 6.45) is 2.15. The number of alkyl halides is 3. The minimum atomic E-state index is -4.78. The molecule has 0 fully saturated rings. The maximum atomic E-state index is 13.9. The number of hydrogen-bond donors (Lipinski definition) is 1. The van der Waals surface area contributed by atoms with Crippen LogP contribution in [0, 0.1) is 18.2 Å². The van der Waals surface area contributed by atoms with E-state index in [2.05, 4.69) is 0 Å². The van der Waals surface area contributed by atoms with Gasteiger partial charge in [0.05, 0.1) is 11.4 Å². The average Bonchev–Trinajstić information content (AvgIpc) is 3.27. The smallest absolute Gasteiger partial charge is 0.304 e. The Kier molecular flexibility index (Phi) is 6.51. The van der Waals surface area contributed by atoms with Crippen LogP contribution in [0.15, 0.2) is 90.2 Å². The Labute approximate surface area is 198 Å². The first kappa shape index (κ1) is 23.6. The summed E-state index contributed by atoms with van der Waals surface area (Å²) in [5, 5.41) is 0.612. The summed E-state index contributed by atoms with van der Waals surface area (Å²) < 4.78 is 55.6. The predicted octanol–water partition coefficient (Wildman–Crippen LogP) is 6.32. The molecule has 34 heavy (non-hydrogen) atoms. The van der Waals surface area contributed by atoms with Crippen molar-refractivity contribution in [2.24, 2.45) is 5.73 Å². The molecule has 0 aliphatic carbocycles. The lowest BCUT2D eigenvalue weighted by atomic mass is 9.90. The Morgan fingerprint density at radius 2 is 1.68 bits per heavy atom. The normalized spacial score (nSPS) is 13.3. The van der Waals surface area contributed by atoms with Crippen LogP contribution >= 0.6 is 11.8 Å². The van der Waals surface area contributed by atoms with Crippen molar-refractivity contribution in [1.29, 1.82) is 0 Å². The standard InChI is InChI=1S/C26H19F4N3S/c1-2-25(31,26(28,29)30)20-13-11-18(12-14-20)17-34-24-32-23(19-7-4-3-5-8-19)16-33(24)22-10-6-9-21(27)15-22/h1,3-16H,17,31H2. The molecule has 2 N–H and O–H groups in total. The monoisotopic (exact) mass is 481 g/mol. The first-order chi connectivity index (χ1) is 16.2. The van der Waals surface area contributed by atoms with Crippen LogP contribution in [0.2, 0.25) is 0 Å². The van der Waals surface area contributed by atoms with E-state index in [1.807, 2.05) is 36.5 Å². The molecule has 1 unspecified atom stereocenters. The van der Waals surface area contributed by atoms with E-state index in [1.54, 1.807) is 34.8 Å². The number of hydrogen-bond acceptors (Lipinski definition) is 3. The average molecular weight is 482 g/mol. The second-order valence-electron chi connectivity index (χ2n) is 7.56. The maximum Gasteiger partial charge on any atom is 0.422 e. The molecule has 0 bridgehead atoms. The van der Waals surface area contributed by atoms with Gasteiger partial charge in [-0.15, -0.1) is 6.42 Å². The van der Waals surface area contributed by atoms with E-state index in [9.17, 15) is 17.6 Å². The SMILES string of the molecule is C#CC(N)(c1ccc(CSc2nc(-c3ccccc3)cn2-c2cccc(F)c2)cc1)C(F)(F)F. The zero-order chi connectivity index (χ0) is 24.3. The molecule has 172 valence electrons. The highest BCUT2D eigenvalue weighted by molar-refractivity contribution is 7.98. The Balaban J connectivity index is 1.61. The van der Waals surface area contributed by atoms with Crippen LogP contribution in [-0.2, 0) is 11.3 Å². The van der Waals surface area contributed by atoms with Crippen LogP contribution in [0.5, 0.6) is 0 Å². The van der Waals surface area contributed by atoms with Crippen LogP contribution in [-0.4, -0.2) is 15.7 Å². The highest BCUT2D eigenvalue weighted by Gasteiger charge is 2.52. The minimum absolute atomic E-state index is 0.205. The van der Waals surface area contributed by atoms with Gasteiger partial charge in [-0.2, -0.15) is 13.2 Å². The summed E-state index contributed by atoms with van der Waals surface area (Å²) in [5.74, 6) is 1.71. The molecule has 8 heteroatoms. The largest absolute Gasteiger partial charge is 0.422 e. The van der Waals surface area contributed by atoms with Crippen LogP contribution in [0.25, 0.3) is 16.9 Å². The molecule has 0 radical (unpaired) electrons. The third kappa shape index (κ3) is 4.72. The van der Waals surface area contributed by atoms with Crippen molar-refractivity contribution in [3.63, 3.8) is 0 Å². The van der Waals surface area contributed by atoms with Gasteiger partial charge in [0, 0.05) is 17.5 Å². The van der Waals surface area contributed by atoms with E-state index < -0.39 is 11.7 Å². The predicted molar refractivity (Wildman–Crippen MR) is 126 cm³/mol. The second-order valence-corrected chi connectivity index (χ2v) is 8.50. The lowest BCUT2D eigenvalue weighted by Gasteiger charge is -2.26. The van der Waals surface area contributed by atoms with Gasteiger partial charge in [-0.05, 0) is 29.3 Å². The third-order valence-corrected chi connectivity index (χ3v) is 6.31. The van der Waals surface area contributed by atoms with E-state index >= 15 is 0 Å². The van der Waals surface area contributed by atoms with E-state index in [0.29, 0.717) is 16.6 Å². The van der Waals surface area contributed by atoms with Crippen molar-refractivity contribution < 1.29 is 17.6 Å². The molecule has 1 atom stereocenters. The Bertz CT molecular complexity index is 1320. The summed E-state index contributed by atoms with van der Waals surface area (Å²) in [6.45, 7) is 0. The van der Waals surface area contributed by atoms with E-state index in [1.165, 1.54) is 36.0 Å². The summed E-state index contributed by atoms with van der Waals surface area (Å²) in [7, 11) is 0. The summed E-state index contributed by atoms with van der Waals surface area (Å²) in [5.41, 5.74) is 5.39. The summed E-state index contributed by atoms with van der Waals surface area (Å²) in [4.78, 5) is 4.71. The maximum absolute atomic E-state index is 13.9. The van der Waals surface area contributed by atoms with Crippen molar-refractivity contribution in [3.05, 3.63) is 102 Å². The number of rotatable bonds is 6. The van der Waals surface area contributed by atoms with Crippen LogP contribution in [0.3, 0.4) is 0 Å². The van der Waals surface area contributed by atoms with Gasteiger partial charge in [0.2, 0.25) is 0 Å². The van der Waals surface area contributed by atoms with Gasteiger partial charge in [0.25, 0.3) is 0 Å². The van der Waals surface area contributed by atoms with Gasteiger partial charge in [-0.1, -0.05) is 78.3 Å². The lowest BCUT2D eigenvalue weighted by molar-refractivity contribution is -0.171. The molecule has 1 aromatic heterocycles. The molecule has 0 aliphatic heterocycles. The van der Waals surface area contributed by atoms with Gasteiger partial charge in [-0.3, -0.25) is 4.57 Å². The third-order valence-electron chi connectivity index (χ3n) is 5.28. The first-order valence-electron chi connectivity index (χ1n) is 10.2. The fourth-order valence-corrected chi connectivity index (χ4v) is 4.31. The van der Waals surface area contributed by atoms with Crippen LogP contribution < -0.4 is 5.73 Å². The molecule has 0 saturated carbocycles. The molecule has 3 aromatic carbocycles. The number of aromatic nitrogens is 2. The van der Waals surface area contributed by atoms with Gasteiger partial charge >= 0.3 is 6.18 Å². The zero-order valence-corrected chi connectivity index (χ0v) is 18.6. The van der Waals surface area contributed by atoms with Crippen LogP contribution in [0.1, 0.15) is 11.1 Å². The van der Waals surface area contributed by atoms with E-state index in [0.717, 1.165) is 16.8 Å². The minimum Gasteiger partial charge on any atom is -0.304 e. The van der Waals surface area contributed by atoms with Crippen molar-refractivity contribution in [1.82, 2.24) is 9.55 Å². The van der Waals surface area contributed by atoms with Crippen molar-refractivity contribution in [2.75, 3.05) is 0 Å². The summed E-state index contributed by atoms with van der Waals surface area (Å²) in [6, 6.07) is 21.4. The Hall–Kier alpha value is -3.54. The number of thioether (sulfide) groups is 1.